The zero-order valence-corrected chi connectivity index (χ0v) is 19.8. The zero-order valence-electron chi connectivity index (χ0n) is 18.1. The molecule has 0 unspecified atom stereocenters. The summed E-state index contributed by atoms with van der Waals surface area (Å²) in [5.74, 6) is -2.92. The fourth-order valence-corrected chi connectivity index (χ4v) is 6.03. The number of carboxylic acids is 1. The SMILES string of the molecule is COC(=O)c1ccccc1S(=O)(=O)N1C[C@@H](S)C[C@H]1C(=O)N[C@@H](Cc1ccc(O)cc1)C(=O)O. The molecular formula is C22H24N2O8S2. The Morgan fingerprint density at radius 1 is 1.18 bits per heavy atom. The second kappa shape index (κ2) is 10.5. The monoisotopic (exact) mass is 508 g/mol. The fourth-order valence-electron chi connectivity index (χ4n) is 3.72. The number of benzene rings is 2. The first kappa shape index (κ1) is 25.5. The van der Waals surface area contributed by atoms with E-state index in [0.29, 0.717) is 5.56 Å². The number of aliphatic carboxylic acids is 1. The van der Waals surface area contributed by atoms with Gasteiger partial charge in [-0.05, 0) is 36.2 Å². The van der Waals surface area contributed by atoms with Crippen molar-refractivity contribution in [2.24, 2.45) is 0 Å². The molecule has 1 aliphatic rings. The quantitative estimate of drug-likeness (QED) is 0.305. The lowest BCUT2D eigenvalue weighted by molar-refractivity contribution is -0.142. The van der Waals surface area contributed by atoms with Gasteiger partial charge in [-0.25, -0.2) is 18.0 Å². The van der Waals surface area contributed by atoms with Gasteiger partial charge < -0.3 is 20.3 Å². The molecule has 3 N–H and O–H groups in total. The number of carboxylic acid groups (broad SMARTS) is 1. The van der Waals surface area contributed by atoms with Gasteiger partial charge in [-0.2, -0.15) is 16.9 Å². The second-order valence-corrected chi connectivity index (χ2v) is 10.3. The van der Waals surface area contributed by atoms with Gasteiger partial charge >= 0.3 is 11.9 Å². The lowest BCUT2D eigenvalue weighted by Gasteiger charge is -2.25. The van der Waals surface area contributed by atoms with Crippen LogP contribution in [0.2, 0.25) is 0 Å². The van der Waals surface area contributed by atoms with E-state index in [1.165, 1.54) is 48.5 Å². The van der Waals surface area contributed by atoms with Crippen LogP contribution in [0.15, 0.2) is 53.4 Å². The number of carbonyl (C=O) groups excluding carboxylic acids is 2. The standard InChI is InChI=1S/C22H24N2O8S2/c1-32-22(29)16-4-2-3-5-19(16)34(30,31)24-12-15(33)11-18(24)20(26)23-17(21(27)28)10-13-6-8-14(25)9-7-13/h2-9,15,17-18,25,33H,10-12H2,1H3,(H,23,26)(H,27,28)/t15-,17-,18-/m0/s1. The first-order valence-electron chi connectivity index (χ1n) is 10.2. The molecule has 0 spiro atoms. The summed E-state index contributed by atoms with van der Waals surface area (Å²) in [6, 6.07) is 8.77. The van der Waals surface area contributed by atoms with Crippen molar-refractivity contribution in [3.05, 3.63) is 59.7 Å². The van der Waals surface area contributed by atoms with Gasteiger partial charge in [0.2, 0.25) is 15.9 Å². The van der Waals surface area contributed by atoms with Gasteiger partial charge in [0.15, 0.2) is 0 Å². The Bertz CT molecular complexity index is 1180. The minimum absolute atomic E-state index is 0.0125. The Labute approximate surface area is 202 Å². The minimum Gasteiger partial charge on any atom is -0.508 e. The number of nitrogens with zero attached hydrogens (tertiary/aromatic N) is 1. The molecule has 1 aliphatic heterocycles. The lowest BCUT2D eigenvalue weighted by Crippen LogP contribution is -2.51. The number of thiol groups is 1. The lowest BCUT2D eigenvalue weighted by atomic mass is 10.1. The molecule has 1 heterocycles. The van der Waals surface area contributed by atoms with Crippen LogP contribution in [0.25, 0.3) is 0 Å². The Balaban J connectivity index is 1.87. The highest BCUT2D eigenvalue weighted by Crippen LogP contribution is 2.30. The van der Waals surface area contributed by atoms with E-state index in [-0.39, 0.29) is 35.6 Å². The third kappa shape index (κ3) is 5.51. The summed E-state index contributed by atoms with van der Waals surface area (Å²) in [7, 11) is -3.20. The van der Waals surface area contributed by atoms with Gasteiger partial charge in [0.25, 0.3) is 0 Å². The van der Waals surface area contributed by atoms with Crippen molar-refractivity contribution in [2.45, 2.75) is 35.1 Å². The molecule has 34 heavy (non-hydrogen) atoms. The van der Waals surface area contributed by atoms with Crippen molar-refractivity contribution in [1.29, 1.82) is 0 Å². The van der Waals surface area contributed by atoms with Gasteiger partial charge in [-0.1, -0.05) is 24.3 Å². The number of nitrogens with one attached hydrogen (secondary N) is 1. The number of hydrogen-bond acceptors (Lipinski definition) is 8. The number of hydrogen-bond donors (Lipinski definition) is 4. The molecule has 2 aromatic carbocycles. The number of sulfonamides is 1. The van der Waals surface area contributed by atoms with Crippen LogP contribution in [0.4, 0.5) is 0 Å². The number of methoxy groups -OCH3 is 1. The Kier molecular flexibility index (Phi) is 7.85. The molecule has 12 heteroatoms. The van der Waals surface area contributed by atoms with E-state index in [1.807, 2.05) is 0 Å². The molecule has 0 aromatic heterocycles. The summed E-state index contributed by atoms with van der Waals surface area (Å²) in [5, 5.41) is 20.9. The summed E-state index contributed by atoms with van der Waals surface area (Å²) in [6.07, 6.45) is -0.0174. The highest BCUT2D eigenvalue weighted by molar-refractivity contribution is 7.89. The molecule has 182 valence electrons. The third-order valence-corrected chi connectivity index (χ3v) is 7.71. The maximum atomic E-state index is 13.4. The van der Waals surface area contributed by atoms with E-state index < -0.39 is 45.2 Å². The third-order valence-electron chi connectivity index (χ3n) is 5.41. The summed E-state index contributed by atoms with van der Waals surface area (Å²) >= 11 is 4.34. The molecule has 2 aromatic rings. The maximum absolute atomic E-state index is 13.4. The van der Waals surface area contributed by atoms with E-state index >= 15 is 0 Å². The molecule has 1 amide bonds. The van der Waals surface area contributed by atoms with E-state index in [2.05, 4.69) is 22.7 Å². The Morgan fingerprint density at radius 3 is 2.44 bits per heavy atom. The zero-order chi connectivity index (χ0) is 25.0. The highest BCUT2D eigenvalue weighted by atomic mass is 32.2. The molecule has 0 radical (unpaired) electrons. The predicted octanol–water partition coefficient (Wildman–Crippen LogP) is 1.05. The molecule has 0 bridgehead atoms. The summed E-state index contributed by atoms with van der Waals surface area (Å²) in [4.78, 5) is 36.6. The van der Waals surface area contributed by atoms with E-state index in [0.717, 1.165) is 11.4 Å². The average Bonchev–Trinajstić information content (AvgIpc) is 3.22. The smallest absolute Gasteiger partial charge is 0.339 e. The molecule has 0 saturated carbocycles. The van der Waals surface area contributed by atoms with E-state index in [9.17, 15) is 33.0 Å². The van der Waals surface area contributed by atoms with Crippen LogP contribution < -0.4 is 5.32 Å². The van der Waals surface area contributed by atoms with Crippen molar-refractivity contribution in [2.75, 3.05) is 13.7 Å². The van der Waals surface area contributed by atoms with Gasteiger partial charge in [-0.3, -0.25) is 4.79 Å². The number of ether oxygens (including phenoxy) is 1. The Morgan fingerprint density at radius 2 is 1.82 bits per heavy atom. The van der Waals surface area contributed by atoms with Crippen LogP contribution in [-0.4, -0.2) is 71.8 Å². The van der Waals surface area contributed by atoms with Crippen molar-refractivity contribution in [1.82, 2.24) is 9.62 Å². The Hall–Kier alpha value is -3.09. The normalized spacial score (nSPS) is 19.4. The number of rotatable bonds is 8. The van der Waals surface area contributed by atoms with Crippen LogP contribution in [0.5, 0.6) is 5.75 Å². The summed E-state index contributed by atoms with van der Waals surface area (Å²) in [6.45, 7) is -0.102. The van der Waals surface area contributed by atoms with Gasteiger partial charge in [-0.15, -0.1) is 0 Å². The van der Waals surface area contributed by atoms with Crippen LogP contribution in [0.1, 0.15) is 22.3 Å². The molecule has 1 saturated heterocycles. The maximum Gasteiger partial charge on any atom is 0.339 e. The van der Waals surface area contributed by atoms with Gasteiger partial charge in [0.05, 0.1) is 17.6 Å². The van der Waals surface area contributed by atoms with Crippen molar-refractivity contribution >= 4 is 40.5 Å². The topological polar surface area (TPSA) is 150 Å². The molecule has 3 rings (SSSR count). The van der Waals surface area contributed by atoms with E-state index in [4.69, 9.17) is 0 Å². The summed E-state index contributed by atoms with van der Waals surface area (Å²) in [5.41, 5.74) is 0.378. The van der Waals surface area contributed by atoms with E-state index in [1.54, 1.807) is 0 Å². The van der Waals surface area contributed by atoms with Crippen LogP contribution in [0, 0.1) is 0 Å². The summed E-state index contributed by atoms with van der Waals surface area (Å²) < 4.78 is 32.5. The molecule has 3 atom stereocenters. The van der Waals surface area contributed by atoms with Crippen LogP contribution >= 0.6 is 12.6 Å². The average molecular weight is 509 g/mol. The van der Waals surface area contributed by atoms with Crippen molar-refractivity contribution in [3.8, 4) is 5.75 Å². The molecule has 0 aliphatic carbocycles. The van der Waals surface area contributed by atoms with Gasteiger partial charge in [0, 0.05) is 18.2 Å². The first-order chi connectivity index (χ1) is 16.0. The number of carbonyl (C=O) groups is 3. The first-order valence-corrected chi connectivity index (χ1v) is 12.2. The number of esters is 1. The predicted molar refractivity (Wildman–Crippen MR) is 124 cm³/mol. The number of aromatic hydroxyl groups is 1. The number of phenolic OH excluding ortho intramolecular Hbond substituents is 1. The minimum atomic E-state index is -4.32. The van der Waals surface area contributed by atoms with Gasteiger partial charge in [0.1, 0.15) is 17.8 Å². The van der Waals surface area contributed by atoms with Crippen molar-refractivity contribution in [3.63, 3.8) is 0 Å². The molecule has 10 nitrogen and oxygen atoms in total. The van der Waals surface area contributed by atoms with Crippen LogP contribution in [-0.2, 0) is 30.8 Å². The number of phenols is 1. The van der Waals surface area contributed by atoms with Crippen molar-refractivity contribution < 1.29 is 37.8 Å². The van der Waals surface area contributed by atoms with Crippen LogP contribution in [0.3, 0.4) is 0 Å². The fraction of sp³-hybridized carbons (Fsp3) is 0.318. The molecule has 1 fully saturated rings. The highest BCUT2D eigenvalue weighted by Gasteiger charge is 2.44. The molecular weight excluding hydrogens is 484 g/mol. The largest absolute Gasteiger partial charge is 0.508 e. The number of amides is 1. The second-order valence-electron chi connectivity index (χ2n) is 7.74.